The van der Waals surface area contributed by atoms with Crippen LogP contribution in [0.4, 0.5) is 0 Å². The van der Waals surface area contributed by atoms with E-state index in [4.69, 9.17) is 19.3 Å². The van der Waals surface area contributed by atoms with Gasteiger partial charge in [0.2, 0.25) is 0 Å². The van der Waals surface area contributed by atoms with Gasteiger partial charge in [0, 0.05) is 6.07 Å². The Balaban J connectivity index is 2.19. The minimum Gasteiger partial charge on any atom is -0.497 e. The molecule has 21 heavy (non-hydrogen) atoms. The van der Waals surface area contributed by atoms with E-state index in [1.54, 1.807) is 19.2 Å². The number of carboxylic acid groups (broad SMARTS) is 1. The van der Waals surface area contributed by atoms with Gasteiger partial charge in [0.05, 0.1) is 14.2 Å². The van der Waals surface area contributed by atoms with E-state index < -0.39 is 5.97 Å². The smallest absolute Gasteiger partial charge is 0.339 e. The van der Waals surface area contributed by atoms with Gasteiger partial charge in [0.15, 0.2) is 0 Å². The first-order valence-corrected chi connectivity index (χ1v) is 6.31. The molecule has 0 radical (unpaired) electrons. The van der Waals surface area contributed by atoms with Crippen LogP contribution in [-0.4, -0.2) is 25.3 Å². The molecule has 0 aliphatic rings. The van der Waals surface area contributed by atoms with Gasteiger partial charge in [-0.1, -0.05) is 12.1 Å². The van der Waals surface area contributed by atoms with Crippen molar-refractivity contribution in [1.82, 2.24) is 0 Å². The second-order valence-corrected chi connectivity index (χ2v) is 4.31. The largest absolute Gasteiger partial charge is 0.497 e. The van der Waals surface area contributed by atoms with Crippen LogP contribution in [0.15, 0.2) is 42.5 Å². The summed E-state index contributed by atoms with van der Waals surface area (Å²) in [4.78, 5) is 11.2. The zero-order chi connectivity index (χ0) is 15.2. The summed E-state index contributed by atoms with van der Waals surface area (Å²) in [6.07, 6.45) is 0. The van der Waals surface area contributed by atoms with E-state index in [9.17, 15) is 4.79 Å². The van der Waals surface area contributed by atoms with Crippen LogP contribution >= 0.6 is 0 Å². The van der Waals surface area contributed by atoms with E-state index in [0.717, 1.165) is 11.3 Å². The van der Waals surface area contributed by atoms with Crippen LogP contribution in [0.2, 0.25) is 0 Å². The first-order valence-electron chi connectivity index (χ1n) is 6.31. The molecule has 0 atom stereocenters. The second kappa shape index (κ2) is 6.65. The molecule has 5 nitrogen and oxygen atoms in total. The Morgan fingerprint density at radius 3 is 2.43 bits per heavy atom. The number of hydrogen-bond acceptors (Lipinski definition) is 4. The van der Waals surface area contributed by atoms with Gasteiger partial charge >= 0.3 is 5.97 Å². The number of hydrogen-bond donors (Lipinski definition) is 1. The summed E-state index contributed by atoms with van der Waals surface area (Å²) in [5.74, 6) is 0.490. The maximum Gasteiger partial charge on any atom is 0.339 e. The molecule has 0 aromatic heterocycles. The van der Waals surface area contributed by atoms with Crippen LogP contribution in [0.1, 0.15) is 15.9 Å². The SMILES string of the molecule is COc1cccc(COc2cc(OC)ccc2C(=O)O)c1. The van der Waals surface area contributed by atoms with E-state index in [-0.39, 0.29) is 17.9 Å². The van der Waals surface area contributed by atoms with Crippen LogP contribution in [0.3, 0.4) is 0 Å². The van der Waals surface area contributed by atoms with Crippen molar-refractivity contribution in [2.75, 3.05) is 14.2 Å². The van der Waals surface area contributed by atoms with E-state index in [2.05, 4.69) is 0 Å². The van der Waals surface area contributed by atoms with Crippen LogP contribution < -0.4 is 14.2 Å². The molecule has 0 unspecified atom stereocenters. The van der Waals surface area contributed by atoms with E-state index in [1.165, 1.54) is 13.2 Å². The average molecular weight is 288 g/mol. The van der Waals surface area contributed by atoms with Gasteiger partial charge in [-0.15, -0.1) is 0 Å². The number of carbonyl (C=O) groups is 1. The third kappa shape index (κ3) is 3.66. The van der Waals surface area contributed by atoms with Crippen molar-refractivity contribution in [2.45, 2.75) is 6.61 Å². The summed E-state index contributed by atoms with van der Waals surface area (Å²) in [7, 11) is 3.10. The maximum atomic E-state index is 11.2. The monoisotopic (exact) mass is 288 g/mol. The van der Waals surface area contributed by atoms with Gasteiger partial charge < -0.3 is 19.3 Å². The molecule has 0 heterocycles. The number of ether oxygens (including phenoxy) is 3. The van der Waals surface area contributed by atoms with Crippen LogP contribution in [0, 0.1) is 0 Å². The zero-order valence-electron chi connectivity index (χ0n) is 11.8. The first kappa shape index (κ1) is 14.7. The number of aromatic carboxylic acids is 1. The molecule has 0 aliphatic heterocycles. The molecule has 0 bridgehead atoms. The number of rotatable bonds is 6. The van der Waals surface area contributed by atoms with Gasteiger partial charge in [-0.3, -0.25) is 0 Å². The Bertz CT molecular complexity index is 636. The number of carboxylic acids is 1. The summed E-state index contributed by atoms with van der Waals surface area (Å²) in [6, 6.07) is 12.0. The molecule has 5 heteroatoms. The number of methoxy groups -OCH3 is 2. The first-order chi connectivity index (χ1) is 10.1. The standard InChI is InChI=1S/C16H16O5/c1-19-12-5-3-4-11(8-12)10-21-15-9-13(20-2)6-7-14(15)16(17)18/h3-9H,10H2,1-2H3,(H,17,18). The summed E-state index contributed by atoms with van der Waals surface area (Å²) in [5, 5.41) is 9.17. The van der Waals surface area contributed by atoms with Crippen molar-refractivity contribution in [1.29, 1.82) is 0 Å². The van der Waals surface area contributed by atoms with Gasteiger partial charge in [0.1, 0.15) is 29.4 Å². The minimum atomic E-state index is -1.04. The fourth-order valence-corrected chi connectivity index (χ4v) is 1.85. The highest BCUT2D eigenvalue weighted by molar-refractivity contribution is 5.91. The molecule has 1 N–H and O–H groups in total. The lowest BCUT2D eigenvalue weighted by Gasteiger charge is -2.11. The highest BCUT2D eigenvalue weighted by Gasteiger charge is 2.12. The predicted molar refractivity (Wildman–Crippen MR) is 77.3 cm³/mol. The summed E-state index contributed by atoms with van der Waals surface area (Å²) >= 11 is 0. The van der Waals surface area contributed by atoms with Crippen LogP contribution in [0.5, 0.6) is 17.2 Å². The Morgan fingerprint density at radius 1 is 1.05 bits per heavy atom. The Hall–Kier alpha value is -2.69. The third-order valence-electron chi connectivity index (χ3n) is 2.95. The Labute approximate surface area is 122 Å². The summed E-state index contributed by atoms with van der Waals surface area (Å²) < 4.78 is 15.8. The molecule has 0 saturated heterocycles. The van der Waals surface area contributed by atoms with Crippen molar-refractivity contribution in [3.8, 4) is 17.2 Å². The lowest BCUT2D eigenvalue weighted by molar-refractivity contribution is 0.0691. The van der Waals surface area contributed by atoms with Crippen molar-refractivity contribution < 1.29 is 24.1 Å². The highest BCUT2D eigenvalue weighted by atomic mass is 16.5. The molecular formula is C16H16O5. The van der Waals surface area contributed by atoms with Gasteiger partial charge in [-0.2, -0.15) is 0 Å². The molecular weight excluding hydrogens is 272 g/mol. The lowest BCUT2D eigenvalue weighted by Crippen LogP contribution is -2.04. The fraction of sp³-hybridized carbons (Fsp3) is 0.188. The van der Waals surface area contributed by atoms with E-state index in [1.807, 2.05) is 24.3 Å². The van der Waals surface area contributed by atoms with Gasteiger partial charge in [-0.25, -0.2) is 4.79 Å². The molecule has 2 aromatic carbocycles. The predicted octanol–water partition coefficient (Wildman–Crippen LogP) is 2.98. The fourth-order valence-electron chi connectivity index (χ4n) is 1.85. The van der Waals surface area contributed by atoms with Crippen LogP contribution in [-0.2, 0) is 6.61 Å². The molecule has 0 spiro atoms. The quantitative estimate of drug-likeness (QED) is 0.885. The lowest BCUT2D eigenvalue weighted by atomic mass is 10.2. The summed E-state index contributed by atoms with van der Waals surface area (Å²) in [6.45, 7) is 0.241. The molecule has 2 rings (SSSR count). The van der Waals surface area contributed by atoms with Crippen molar-refractivity contribution in [3.63, 3.8) is 0 Å². The van der Waals surface area contributed by atoms with Gasteiger partial charge in [0.25, 0.3) is 0 Å². The third-order valence-corrected chi connectivity index (χ3v) is 2.95. The van der Waals surface area contributed by atoms with E-state index >= 15 is 0 Å². The van der Waals surface area contributed by atoms with Crippen LogP contribution in [0.25, 0.3) is 0 Å². The number of benzene rings is 2. The molecule has 0 aliphatic carbocycles. The molecule has 110 valence electrons. The molecule has 0 amide bonds. The molecule has 0 fully saturated rings. The minimum absolute atomic E-state index is 0.0960. The topological polar surface area (TPSA) is 65.0 Å². The molecule has 0 saturated carbocycles. The normalized spacial score (nSPS) is 10.0. The van der Waals surface area contributed by atoms with Crippen molar-refractivity contribution in [2.24, 2.45) is 0 Å². The second-order valence-electron chi connectivity index (χ2n) is 4.31. The zero-order valence-corrected chi connectivity index (χ0v) is 11.8. The van der Waals surface area contributed by atoms with E-state index in [0.29, 0.717) is 5.75 Å². The average Bonchev–Trinajstić information content (AvgIpc) is 2.52. The Kier molecular flexibility index (Phi) is 4.66. The molecule has 2 aromatic rings. The van der Waals surface area contributed by atoms with Crippen molar-refractivity contribution >= 4 is 5.97 Å². The maximum absolute atomic E-state index is 11.2. The highest BCUT2D eigenvalue weighted by Crippen LogP contribution is 2.26. The summed E-state index contributed by atoms with van der Waals surface area (Å²) in [5.41, 5.74) is 0.979. The van der Waals surface area contributed by atoms with Gasteiger partial charge in [-0.05, 0) is 29.8 Å². The Morgan fingerprint density at radius 2 is 1.76 bits per heavy atom. The van der Waals surface area contributed by atoms with Crippen molar-refractivity contribution in [3.05, 3.63) is 53.6 Å².